The minimum atomic E-state index is -0.460. The second kappa shape index (κ2) is 6.47. The number of carbonyl (C=O) groups excluding carboxylic acids is 2. The second-order valence-corrected chi connectivity index (χ2v) is 6.08. The molecule has 1 saturated heterocycles. The summed E-state index contributed by atoms with van der Waals surface area (Å²) >= 11 is 0. The zero-order chi connectivity index (χ0) is 17.2. The van der Waals surface area contributed by atoms with Crippen LogP contribution < -0.4 is 14.8 Å². The van der Waals surface area contributed by atoms with Gasteiger partial charge in [0.15, 0.2) is 11.5 Å². The molecule has 2 aromatic rings. The van der Waals surface area contributed by atoms with Crippen molar-refractivity contribution in [3.63, 3.8) is 0 Å². The number of carbonyl (C=O) groups is 2. The maximum atomic E-state index is 13.1. The highest BCUT2D eigenvalue weighted by molar-refractivity contribution is 5.98. The van der Waals surface area contributed by atoms with E-state index < -0.39 is 6.04 Å². The molecule has 0 aromatic heterocycles. The van der Waals surface area contributed by atoms with Crippen molar-refractivity contribution in [1.29, 1.82) is 0 Å². The molecule has 0 spiro atoms. The fourth-order valence-corrected chi connectivity index (χ4v) is 3.18. The minimum Gasteiger partial charge on any atom is -0.454 e. The van der Waals surface area contributed by atoms with Crippen LogP contribution in [0.15, 0.2) is 48.5 Å². The van der Waals surface area contributed by atoms with Crippen molar-refractivity contribution in [1.82, 2.24) is 10.2 Å². The van der Waals surface area contributed by atoms with Crippen molar-refractivity contribution in [2.24, 2.45) is 0 Å². The normalized spacial score (nSPS) is 18.1. The lowest BCUT2D eigenvalue weighted by Gasteiger charge is -2.27. The van der Waals surface area contributed by atoms with Crippen LogP contribution in [-0.4, -0.2) is 36.1 Å². The van der Waals surface area contributed by atoms with Crippen LogP contribution in [0.2, 0.25) is 0 Å². The van der Waals surface area contributed by atoms with E-state index in [0.29, 0.717) is 36.6 Å². The monoisotopic (exact) mass is 338 g/mol. The van der Waals surface area contributed by atoms with Gasteiger partial charge in [-0.05, 0) is 30.2 Å². The molecule has 6 heteroatoms. The summed E-state index contributed by atoms with van der Waals surface area (Å²) in [6.45, 7) is 1.13. The average Bonchev–Trinajstić information content (AvgIpc) is 3.28. The Balaban J connectivity index is 1.64. The van der Waals surface area contributed by atoms with E-state index in [1.807, 2.05) is 30.3 Å². The van der Waals surface area contributed by atoms with Gasteiger partial charge in [-0.25, -0.2) is 0 Å². The van der Waals surface area contributed by atoms with Crippen LogP contribution in [-0.2, 0) is 11.3 Å². The Labute approximate surface area is 145 Å². The fourth-order valence-electron chi connectivity index (χ4n) is 3.18. The molecule has 1 N–H and O–H groups in total. The van der Waals surface area contributed by atoms with Gasteiger partial charge in [0.05, 0.1) is 0 Å². The van der Waals surface area contributed by atoms with Gasteiger partial charge < -0.3 is 19.7 Å². The summed E-state index contributed by atoms with van der Waals surface area (Å²) in [5, 5.41) is 2.81. The number of ether oxygens (including phenoxy) is 2. The van der Waals surface area contributed by atoms with Crippen molar-refractivity contribution in [2.75, 3.05) is 13.3 Å². The van der Waals surface area contributed by atoms with E-state index in [0.717, 1.165) is 5.56 Å². The summed E-state index contributed by atoms with van der Waals surface area (Å²) in [6, 6.07) is 14.3. The molecule has 1 unspecified atom stereocenters. The van der Waals surface area contributed by atoms with E-state index in [2.05, 4.69) is 5.32 Å². The smallest absolute Gasteiger partial charge is 0.254 e. The van der Waals surface area contributed by atoms with Gasteiger partial charge in [0.1, 0.15) is 6.04 Å². The number of hydrogen-bond donors (Lipinski definition) is 1. The largest absolute Gasteiger partial charge is 0.454 e. The number of nitrogens with zero attached hydrogens (tertiary/aromatic N) is 1. The highest BCUT2D eigenvalue weighted by atomic mass is 16.7. The van der Waals surface area contributed by atoms with Gasteiger partial charge in [0.25, 0.3) is 5.91 Å². The van der Waals surface area contributed by atoms with E-state index in [4.69, 9.17) is 9.47 Å². The lowest BCUT2D eigenvalue weighted by molar-refractivity contribution is -0.123. The molecular formula is C19H18N2O4. The van der Waals surface area contributed by atoms with E-state index in [1.54, 1.807) is 23.1 Å². The first-order valence-electron chi connectivity index (χ1n) is 8.24. The molecule has 1 atom stereocenters. The van der Waals surface area contributed by atoms with Gasteiger partial charge in [-0.3, -0.25) is 9.59 Å². The van der Waals surface area contributed by atoms with Gasteiger partial charge in [0, 0.05) is 18.7 Å². The third-order valence-electron chi connectivity index (χ3n) is 4.47. The molecule has 0 radical (unpaired) electrons. The molecule has 0 saturated carbocycles. The molecule has 2 heterocycles. The van der Waals surface area contributed by atoms with Gasteiger partial charge in [0.2, 0.25) is 12.7 Å². The van der Waals surface area contributed by atoms with Crippen LogP contribution in [0.4, 0.5) is 0 Å². The molecule has 2 aliphatic heterocycles. The Morgan fingerprint density at radius 2 is 1.92 bits per heavy atom. The van der Waals surface area contributed by atoms with Gasteiger partial charge >= 0.3 is 0 Å². The zero-order valence-electron chi connectivity index (χ0n) is 13.6. The number of rotatable bonds is 4. The lowest BCUT2D eigenvalue weighted by atomic mass is 10.1. The quantitative estimate of drug-likeness (QED) is 0.925. The summed E-state index contributed by atoms with van der Waals surface area (Å²) < 4.78 is 10.7. The third kappa shape index (κ3) is 3.03. The fraction of sp³-hybridized carbons (Fsp3) is 0.263. The Bertz CT molecular complexity index is 806. The summed E-state index contributed by atoms with van der Waals surface area (Å²) in [5.74, 6) is 0.889. The molecule has 25 heavy (non-hydrogen) atoms. The highest BCUT2D eigenvalue weighted by Gasteiger charge is 2.34. The number of fused-ring (bicyclic) bond motifs is 1. The van der Waals surface area contributed by atoms with Crippen LogP contribution in [0.5, 0.6) is 11.5 Å². The lowest BCUT2D eigenvalue weighted by Crippen LogP contribution is -2.44. The van der Waals surface area contributed by atoms with Crippen molar-refractivity contribution < 1.29 is 19.1 Å². The predicted molar refractivity (Wildman–Crippen MR) is 90.3 cm³/mol. The number of hydrogen-bond acceptors (Lipinski definition) is 4. The van der Waals surface area contributed by atoms with Crippen molar-refractivity contribution in [2.45, 2.75) is 19.0 Å². The molecule has 6 nitrogen and oxygen atoms in total. The number of nitrogens with one attached hydrogen (secondary N) is 1. The zero-order valence-corrected chi connectivity index (χ0v) is 13.6. The molecule has 4 rings (SSSR count). The van der Waals surface area contributed by atoms with E-state index in [-0.39, 0.29) is 18.6 Å². The number of benzene rings is 2. The van der Waals surface area contributed by atoms with Crippen LogP contribution in [0.1, 0.15) is 22.3 Å². The predicted octanol–water partition coefficient (Wildman–Crippen LogP) is 1.95. The molecule has 0 bridgehead atoms. The second-order valence-electron chi connectivity index (χ2n) is 6.08. The molecule has 0 aliphatic carbocycles. The Morgan fingerprint density at radius 1 is 1.12 bits per heavy atom. The first-order valence-corrected chi connectivity index (χ1v) is 8.24. The molecule has 2 amide bonds. The van der Waals surface area contributed by atoms with Gasteiger partial charge in [-0.1, -0.05) is 30.3 Å². The Hall–Kier alpha value is -3.02. The Kier molecular flexibility index (Phi) is 4.01. The van der Waals surface area contributed by atoms with Gasteiger partial charge in [-0.15, -0.1) is 0 Å². The average molecular weight is 338 g/mol. The minimum absolute atomic E-state index is 0.106. The van der Waals surface area contributed by atoms with E-state index >= 15 is 0 Å². The summed E-state index contributed by atoms with van der Waals surface area (Å²) in [6.07, 6.45) is 0.613. The van der Waals surface area contributed by atoms with Gasteiger partial charge in [-0.2, -0.15) is 0 Å². The van der Waals surface area contributed by atoms with E-state index in [1.165, 1.54) is 0 Å². The van der Waals surface area contributed by atoms with Crippen LogP contribution >= 0.6 is 0 Å². The topological polar surface area (TPSA) is 67.9 Å². The summed E-state index contributed by atoms with van der Waals surface area (Å²) in [4.78, 5) is 26.9. The highest BCUT2D eigenvalue weighted by Crippen LogP contribution is 2.33. The van der Waals surface area contributed by atoms with E-state index in [9.17, 15) is 9.59 Å². The molecule has 128 valence electrons. The number of amides is 2. The van der Waals surface area contributed by atoms with Crippen LogP contribution in [0.3, 0.4) is 0 Å². The molecule has 2 aliphatic rings. The standard InChI is InChI=1S/C19H18N2O4/c22-18-15(8-9-20-18)21(11-13-4-2-1-3-5-13)19(23)14-6-7-16-17(10-14)25-12-24-16/h1-7,10,15H,8-9,11-12H2,(H,20,22). The molecule has 2 aromatic carbocycles. The SMILES string of the molecule is O=C1NCCC1N(Cc1ccccc1)C(=O)c1ccc2c(c1)OCO2. The first kappa shape index (κ1) is 15.5. The van der Waals surface area contributed by atoms with Crippen molar-refractivity contribution in [3.8, 4) is 11.5 Å². The first-order chi connectivity index (χ1) is 12.2. The van der Waals surface area contributed by atoms with Crippen LogP contribution in [0.25, 0.3) is 0 Å². The molecular weight excluding hydrogens is 320 g/mol. The maximum absolute atomic E-state index is 13.1. The van der Waals surface area contributed by atoms with Crippen molar-refractivity contribution >= 4 is 11.8 Å². The van der Waals surface area contributed by atoms with Crippen molar-refractivity contribution in [3.05, 3.63) is 59.7 Å². The molecule has 1 fully saturated rings. The summed E-state index contributed by atoms with van der Waals surface area (Å²) in [7, 11) is 0. The van der Waals surface area contributed by atoms with Crippen LogP contribution in [0, 0.1) is 0 Å². The Morgan fingerprint density at radius 3 is 2.68 bits per heavy atom. The maximum Gasteiger partial charge on any atom is 0.254 e. The third-order valence-corrected chi connectivity index (χ3v) is 4.47. The summed E-state index contributed by atoms with van der Waals surface area (Å²) in [5.41, 5.74) is 1.47.